The summed E-state index contributed by atoms with van der Waals surface area (Å²) in [6, 6.07) is 13.9. The van der Waals surface area contributed by atoms with Gasteiger partial charge in [0.05, 0.1) is 0 Å². The molecule has 0 bridgehead atoms. The molecule has 3 amide bonds. The van der Waals surface area contributed by atoms with E-state index in [-0.39, 0.29) is 17.7 Å². The van der Waals surface area contributed by atoms with E-state index in [1.54, 1.807) is 56.6 Å². The molecule has 4 aromatic rings. The highest BCUT2D eigenvalue weighted by atomic mass is 16.2. The average molecular weight is 560 g/mol. The summed E-state index contributed by atoms with van der Waals surface area (Å²) in [6.07, 6.45) is 0. The molecule has 214 valence electrons. The van der Waals surface area contributed by atoms with Gasteiger partial charge in [-0.3, -0.25) is 24.4 Å². The second-order valence-corrected chi connectivity index (χ2v) is 9.01. The summed E-state index contributed by atoms with van der Waals surface area (Å²) in [7, 11) is 3.15. The number of rotatable bonds is 10. The zero-order valence-electron chi connectivity index (χ0n) is 22.7. The molecule has 2 aromatic carbocycles. The number of anilines is 1. The molecular weight excluding hydrogens is 526 g/mol. The van der Waals surface area contributed by atoms with Crippen LogP contribution in [0.15, 0.2) is 58.5 Å². The van der Waals surface area contributed by atoms with Crippen molar-refractivity contribution in [2.75, 3.05) is 45.6 Å². The number of aliphatic imine (C=N–C) groups is 2. The standard InChI is InChI=1S/C27H33N11O3/c1-30-26(28)34-9-7-32-23(39)16-4-6-19-17(11-16)13-22(37-19)25(41)36-18-5-3-15-12-21(38-20(15)14-18)24(40)33-8-10-35-27(29)31-2/h3-6,11-14,37-38H,7-10H2,1-2H3,(H,32,39)(H,33,40)(H,36,41)(H3,28,30,34)(H3,29,31,35). The van der Waals surface area contributed by atoms with Crippen LogP contribution in [0.2, 0.25) is 0 Å². The molecule has 4 rings (SSSR count). The van der Waals surface area contributed by atoms with E-state index in [2.05, 4.69) is 46.5 Å². The summed E-state index contributed by atoms with van der Waals surface area (Å²) in [5.74, 6) is -0.256. The number of hydrogen-bond donors (Lipinski definition) is 9. The van der Waals surface area contributed by atoms with Gasteiger partial charge in [-0.25, -0.2) is 0 Å². The Morgan fingerprint density at radius 1 is 0.659 bits per heavy atom. The summed E-state index contributed by atoms with van der Waals surface area (Å²) < 4.78 is 0. The lowest BCUT2D eigenvalue weighted by atomic mass is 10.1. The van der Waals surface area contributed by atoms with E-state index in [1.807, 2.05) is 6.07 Å². The van der Waals surface area contributed by atoms with E-state index < -0.39 is 0 Å². The summed E-state index contributed by atoms with van der Waals surface area (Å²) >= 11 is 0. The van der Waals surface area contributed by atoms with Crippen molar-refractivity contribution >= 4 is 57.1 Å². The third-order valence-electron chi connectivity index (χ3n) is 6.17. The molecule has 41 heavy (non-hydrogen) atoms. The number of amides is 3. The fourth-order valence-electron chi connectivity index (χ4n) is 4.01. The quantitative estimate of drug-likeness (QED) is 0.0757. The van der Waals surface area contributed by atoms with E-state index in [9.17, 15) is 14.4 Å². The van der Waals surface area contributed by atoms with Crippen LogP contribution < -0.4 is 38.1 Å². The Morgan fingerprint density at radius 3 is 1.93 bits per heavy atom. The number of carbonyl (C=O) groups excluding carboxylic acids is 3. The molecule has 0 saturated carbocycles. The first-order valence-corrected chi connectivity index (χ1v) is 12.8. The molecule has 14 nitrogen and oxygen atoms in total. The van der Waals surface area contributed by atoms with Crippen molar-refractivity contribution in [1.29, 1.82) is 0 Å². The van der Waals surface area contributed by atoms with Crippen molar-refractivity contribution in [3.8, 4) is 0 Å². The van der Waals surface area contributed by atoms with Gasteiger partial charge in [0.25, 0.3) is 17.7 Å². The molecule has 0 aliphatic rings. The SMILES string of the molecule is CN=C(N)NCCNC(=O)c1ccc2[nH]c(C(=O)Nc3ccc4cc(C(=O)NCCNC(N)=NC)[nH]c4c3)cc2c1. The third-order valence-corrected chi connectivity index (χ3v) is 6.17. The van der Waals surface area contributed by atoms with Gasteiger partial charge in [0.1, 0.15) is 11.4 Å². The number of aromatic amines is 2. The smallest absolute Gasteiger partial charge is 0.272 e. The Labute approximate surface area is 235 Å². The van der Waals surface area contributed by atoms with Gasteiger partial charge in [0.2, 0.25) is 0 Å². The Bertz CT molecular complexity index is 1630. The van der Waals surface area contributed by atoms with E-state index in [0.29, 0.717) is 66.3 Å². The van der Waals surface area contributed by atoms with Crippen LogP contribution in [0, 0.1) is 0 Å². The highest BCUT2D eigenvalue weighted by Gasteiger charge is 2.14. The zero-order chi connectivity index (χ0) is 29.4. The fraction of sp³-hybridized carbons (Fsp3) is 0.222. The number of carbonyl (C=O) groups is 3. The molecule has 0 unspecified atom stereocenters. The van der Waals surface area contributed by atoms with Crippen LogP contribution in [0.1, 0.15) is 31.3 Å². The molecule has 11 N–H and O–H groups in total. The highest BCUT2D eigenvalue weighted by molar-refractivity contribution is 6.08. The monoisotopic (exact) mass is 559 g/mol. The van der Waals surface area contributed by atoms with E-state index >= 15 is 0 Å². The number of aromatic nitrogens is 2. The molecule has 2 heterocycles. The second-order valence-electron chi connectivity index (χ2n) is 9.01. The van der Waals surface area contributed by atoms with E-state index in [4.69, 9.17) is 11.5 Å². The van der Waals surface area contributed by atoms with Crippen molar-refractivity contribution in [2.24, 2.45) is 21.5 Å². The van der Waals surface area contributed by atoms with Gasteiger partial charge in [-0.2, -0.15) is 0 Å². The number of benzene rings is 2. The minimum absolute atomic E-state index is 0.243. The van der Waals surface area contributed by atoms with Crippen molar-refractivity contribution < 1.29 is 14.4 Å². The molecule has 14 heteroatoms. The van der Waals surface area contributed by atoms with Crippen LogP contribution in [-0.4, -0.2) is 79.9 Å². The molecule has 0 aliphatic carbocycles. The van der Waals surface area contributed by atoms with E-state index in [0.717, 1.165) is 16.3 Å². The predicted octanol–water partition coefficient (Wildman–Crippen LogP) is 0.429. The number of nitrogens with zero attached hydrogens (tertiary/aromatic N) is 2. The van der Waals surface area contributed by atoms with Gasteiger partial charge < -0.3 is 48.0 Å². The lowest BCUT2D eigenvalue weighted by Crippen LogP contribution is -2.38. The van der Waals surface area contributed by atoms with Gasteiger partial charge >= 0.3 is 0 Å². The second kappa shape index (κ2) is 13.0. The van der Waals surface area contributed by atoms with Gasteiger partial charge in [-0.05, 0) is 42.5 Å². The van der Waals surface area contributed by atoms with Crippen LogP contribution in [0.3, 0.4) is 0 Å². The van der Waals surface area contributed by atoms with Gasteiger partial charge in [0, 0.05) is 73.3 Å². The third kappa shape index (κ3) is 7.32. The van der Waals surface area contributed by atoms with Crippen LogP contribution in [0.5, 0.6) is 0 Å². The van der Waals surface area contributed by atoms with Crippen LogP contribution in [0.25, 0.3) is 21.8 Å². The first-order chi connectivity index (χ1) is 19.8. The first-order valence-electron chi connectivity index (χ1n) is 12.8. The topological polar surface area (TPSA) is 220 Å². The predicted molar refractivity (Wildman–Crippen MR) is 160 cm³/mol. The Morgan fingerprint density at radius 2 is 1.24 bits per heavy atom. The number of hydrogen-bond acceptors (Lipinski definition) is 5. The Hall–Kier alpha value is -5.53. The minimum Gasteiger partial charge on any atom is -0.370 e. The molecule has 0 saturated heterocycles. The summed E-state index contributed by atoms with van der Waals surface area (Å²) in [6.45, 7) is 1.62. The fourth-order valence-corrected chi connectivity index (χ4v) is 4.01. The number of guanidine groups is 2. The first kappa shape index (κ1) is 28.5. The van der Waals surface area contributed by atoms with Crippen LogP contribution >= 0.6 is 0 Å². The normalized spacial score (nSPS) is 11.9. The van der Waals surface area contributed by atoms with Crippen molar-refractivity contribution in [3.63, 3.8) is 0 Å². The molecule has 0 fully saturated rings. The summed E-state index contributed by atoms with van der Waals surface area (Å²) in [4.78, 5) is 51.7. The number of fused-ring (bicyclic) bond motifs is 2. The number of nitrogens with two attached hydrogens (primary N) is 2. The maximum atomic E-state index is 13.0. The highest BCUT2D eigenvalue weighted by Crippen LogP contribution is 2.22. The molecule has 0 atom stereocenters. The lowest BCUT2D eigenvalue weighted by molar-refractivity contribution is 0.0944. The minimum atomic E-state index is -0.347. The Balaban J connectivity index is 1.36. The largest absolute Gasteiger partial charge is 0.370 e. The maximum Gasteiger partial charge on any atom is 0.272 e. The molecule has 0 spiro atoms. The van der Waals surface area contributed by atoms with Gasteiger partial charge in [-0.15, -0.1) is 0 Å². The molecule has 2 aromatic heterocycles. The zero-order valence-corrected chi connectivity index (χ0v) is 22.7. The van der Waals surface area contributed by atoms with Gasteiger partial charge in [-0.1, -0.05) is 6.07 Å². The van der Waals surface area contributed by atoms with Crippen molar-refractivity contribution in [1.82, 2.24) is 31.2 Å². The van der Waals surface area contributed by atoms with Crippen molar-refractivity contribution in [2.45, 2.75) is 0 Å². The molecule has 0 radical (unpaired) electrons. The van der Waals surface area contributed by atoms with Crippen LogP contribution in [-0.2, 0) is 0 Å². The summed E-state index contributed by atoms with van der Waals surface area (Å²) in [5.41, 5.74) is 14.3. The maximum absolute atomic E-state index is 13.0. The van der Waals surface area contributed by atoms with Gasteiger partial charge in [0.15, 0.2) is 11.9 Å². The lowest BCUT2D eigenvalue weighted by Gasteiger charge is -2.07. The van der Waals surface area contributed by atoms with E-state index in [1.165, 1.54) is 0 Å². The van der Waals surface area contributed by atoms with Crippen LogP contribution in [0.4, 0.5) is 5.69 Å². The summed E-state index contributed by atoms with van der Waals surface area (Å²) in [5, 5.41) is 15.7. The molecular formula is C27H33N11O3. The Kier molecular flexibility index (Phi) is 9.04. The van der Waals surface area contributed by atoms with Crippen molar-refractivity contribution in [3.05, 3.63) is 65.5 Å². The average Bonchev–Trinajstić information content (AvgIpc) is 3.61. The molecule has 0 aliphatic heterocycles. The number of H-pyrrole nitrogens is 2. The number of nitrogens with one attached hydrogen (secondary N) is 7.